The molecule has 1 aliphatic rings. The molecule has 2 amide bonds. The first-order valence-electron chi connectivity index (χ1n) is 10.2. The number of halogens is 2. The van der Waals surface area contributed by atoms with Crippen LogP contribution in [0.1, 0.15) is 50.6 Å². The molecule has 0 bridgehead atoms. The quantitative estimate of drug-likeness (QED) is 0.421. The van der Waals surface area contributed by atoms with Crippen molar-refractivity contribution in [1.29, 1.82) is 0 Å². The number of nitro groups is 1. The third-order valence-corrected chi connectivity index (χ3v) is 5.32. The number of aryl methyl sites for hydroxylation is 1. The zero-order valence-electron chi connectivity index (χ0n) is 17.9. The molecule has 0 fully saturated rings. The number of furan rings is 1. The Morgan fingerprint density at radius 1 is 1.12 bits per heavy atom. The number of amides is 2. The summed E-state index contributed by atoms with van der Waals surface area (Å²) >= 11 is 0. The minimum Gasteiger partial charge on any atom is -0.455 e. The summed E-state index contributed by atoms with van der Waals surface area (Å²) in [6, 6.07) is 8.02. The van der Waals surface area contributed by atoms with E-state index in [0.717, 1.165) is 18.2 Å². The molecule has 0 saturated heterocycles. The highest BCUT2D eigenvalue weighted by molar-refractivity contribution is 6.09. The molecule has 34 heavy (non-hydrogen) atoms. The van der Waals surface area contributed by atoms with Gasteiger partial charge in [-0.3, -0.25) is 19.7 Å². The molecule has 1 aromatic heterocycles. The Kier molecular flexibility index (Phi) is 6.17. The van der Waals surface area contributed by atoms with Crippen molar-refractivity contribution in [3.8, 4) is 0 Å². The van der Waals surface area contributed by atoms with Gasteiger partial charge in [-0.1, -0.05) is 6.07 Å². The molecule has 0 radical (unpaired) electrons. The van der Waals surface area contributed by atoms with Gasteiger partial charge < -0.3 is 9.73 Å². The number of rotatable bonds is 5. The average Bonchev–Trinajstić information content (AvgIpc) is 3.16. The van der Waals surface area contributed by atoms with Crippen LogP contribution in [0.15, 0.2) is 52.0 Å². The highest BCUT2D eigenvalue weighted by Crippen LogP contribution is 2.30. The average molecular weight is 468 g/mol. The van der Waals surface area contributed by atoms with Gasteiger partial charge in [0, 0.05) is 41.3 Å². The summed E-state index contributed by atoms with van der Waals surface area (Å²) in [4.78, 5) is 35.5. The summed E-state index contributed by atoms with van der Waals surface area (Å²) in [5.74, 6) is -2.58. The zero-order valence-corrected chi connectivity index (χ0v) is 17.9. The molecular formula is C23H18F2N4O5. The lowest BCUT2D eigenvalue weighted by molar-refractivity contribution is -0.384. The van der Waals surface area contributed by atoms with Gasteiger partial charge in [-0.15, -0.1) is 0 Å². The highest BCUT2D eigenvalue weighted by Gasteiger charge is 2.28. The minimum atomic E-state index is -0.923. The number of fused-ring (bicyclic) bond motifs is 1. The van der Waals surface area contributed by atoms with Gasteiger partial charge in [0.1, 0.15) is 17.4 Å². The van der Waals surface area contributed by atoms with Crippen molar-refractivity contribution in [2.24, 2.45) is 5.10 Å². The van der Waals surface area contributed by atoms with Gasteiger partial charge in [-0.25, -0.2) is 14.2 Å². The topological polar surface area (TPSA) is 127 Å². The number of nitrogens with one attached hydrogen (secondary N) is 2. The van der Waals surface area contributed by atoms with Crippen LogP contribution in [-0.4, -0.2) is 22.4 Å². The van der Waals surface area contributed by atoms with E-state index in [9.17, 15) is 28.5 Å². The number of hydrogen-bond acceptors (Lipinski definition) is 6. The van der Waals surface area contributed by atoms with Crippen LogP contribution in [0.5, 0.6) is 0 Å². The van der Waals surface area contributed by atoms with Crippen molar-refractivity contribution in [2.75, 3.05) is 5.32 Å². The second-order valence-electron chi connectivity index (χ2n) is 7.59. The molecule has 9 nitrogen and oxygen atoms in total. The van der Waals surface area contributed by atoms with Gasteiger partial charge in [0.2, 0.25) is 0 Å². The molecule has 0 spiro atoms. The van der Waals surface area contributed by atoms with E-state index in [-0.39, 0.29) is 22.7 Å². The van der Waals surface area contributed by atoms with Crippen molar-refractivity contribution in [3.63, 3.8) is 0 Å². The summed E-state index contributed by atoms with van der Waals surface area (Å²) in [6.45, 7) is 1.64. The summed E-state index contributed by atoms with van der Waals surface area (Å²) in [5.41, 5.74) is 3.54. The number of nitro benzene ring substituents is 1. The van der Waals surface area contributed by atoms with Crippen LogP contribution in [0.4, 0.5) is 20.2 Å². The maximum Gasteiger partial charge on any atom is 0.291 e. The standard InChI is InChI=1S/C23H18F2N4O5/c1-12-20-18(27-28-22(30)13-4-2-5-15(10-13)29(32)33)6-3-7-19(20)34-21(12)23(31)26-17-9-8-14(24)11-16(17)25/h2,4-5,8-11H,3,6-7H2,1H3,(H,26,31)(H,28,30)/b27-18+. The number of hydrogen-bond donors (Lipinski definition) is 2. The Balaban J connectivity index is 1.57. The van der Waals surface area contributed by atoms with Gasteiger partial charge in [0.25, 0.3) is 17.5 Å². The van der Waals surface area contributed by atoms with E-state index in [0.29, 0.717) is 47.9 Å². The molecule has 0 unspecified atom stereocenters. The van der Waals surface area contributed by atoms with Crippen LogP contribution < -0.4 is 10.7 Å². The lowest BCUT2D eigenvalue weighted by atomic mass is 9.93. The third-order valence-electron chi connectivity index (χ3n) is 5.32. The van der Waals surface area contributed by atoms with Gasteiger partial charge in [-0.2, -0.15) is 5.10 Å². The Bertz CT molecular complexity index is 1350. The van der Waals surface area contributed by atoms with E-state index >= 15 is 0 Å². The van der Waals surface area contributed by atoms with Gasteiger partial charge >= 0.3 is 0 Å². The molecule has 1 heterocycles. The number of benzene rings is 2. The van der Waals surface area contributed by atoms with E-state index in [2.05, 4.69) is 15.8 Å². The lowest BCUT2D eigenvalue weighted by Crippen LogP contribution is -2.22. The molecule has 4 rings (SSSR count). The fourth-order valence-corrected chi connectivity index (χ4v) is 3.71. The zero-order chi connectivity index (χ0) is 24.4. The van der Waals surface area contributed by atoms with Gasteiger partial charge in [0.15, 0.2) is 5.76 Å². The molecule has 174 valence electrons. The largest absolute Gasteiger partial charge is 0.455 e. The summed E-state index contributed by atoms with van der Waals surface area (Å²) in [6.07, 6.45) is 1.68. The summed E-state index contributed by atoms with van der Waals surface area (Å²) in [5, 5.41) is 17.5. The molecule has 1 aliphatic carbocycles. The van der Waals surface area contributed by atoms with Crippen LogP contribution in [0.2, 0.25) is 0 Å². The predicted molar refractivity (Wildman–Crippen MR) is 118 cm³/mol. The second kappa shape index (κ2) is 9.22. The van der Waals surface area contributed by atoms with E-state index in [1.54, 1.807) is 6.92 Å². The van der Waals surface area contributed by atoms with Crippen LogP contribution in [0, 0.1) is 28.7 Å². The van der Waals surface area contributed by atoms with Crippen molar-refractivity contribution in [3.05, 3.63) is 92.4 Å². The maximum absolute atomic E-state index is 13.9. The highest BCUT2D eigenvalue weighted by atomic mass is 19.1. The van der Waals surface area contributed by atoms with Crippen molar-refractivity contribution < 1.29 is 27.7 Å². The molecule has 2 aromatic carbocycles. The Morgan fingerprint density at radius 2 is 1.91 bits per heavy atom. The molecule has 0 saturated carbocycles. The first kappa shape index (κ1) is 22.8. The number of anilines is 1. The first-order chi connectivity index (χ1) is 16.2. The molecule has 0 aliphatic heterocycles. The Morgan fingerprint density at radius 3 is 2.65 bits per heavy atom. The van der Waals surface area contributed by atoms with Crippen molar-refractivity contribution in [2.45, 2.75) is 26.2 Å². The number of non-ortho nitro benzene ring substituents is 1. The molecule has 0 atom stereocenters. The summed E-state index contributed by atoms with van der Waals surface area (Å²) in [7, 11) is 0. The molecular weight excluding hydrogens is 450 g/mol. The van der Waals surface area contributed by atoms with E-state index in [4.69, 9.17) is 4.42 Å². The van der Waals surface area contributed by atoms with E-state index in [1.165, 1.54) is 18.2 Å². The van der Waals surface area contributed by atoms with E-state index in [1.807, 2.05) is 0 Å². The fraction of sp³-hybridized carbons (Fsp3) is 0.174. The van der Waals surface area contributed by atoms with E-state index < -0.39 is 28.4 Å². The second-order valence-corrected chi connectivity index (χ2v) is 7.59. The minimum absolute atomic E-state index is 0.0478. The number of carbonyl (C=O) groups excluding carboxylic acids is 2. The van der Waals surface area contributed by atoms with Crippen LogP contribution in [0.25, 0.3) is 0 Å². The van der Waals surface area contributed by atoms with Crippen molar-refractivity contribution in [1.82, 2.24) is 5.43 Å². The van der Waals surface area contributed by atoms with Gasteiger partial charge in [-0.05, 0) is 38.0 Å². The fourth-order valence-electron chi connectivity index (χ4n) is 3.71. The Labute approximate surface area is 191 Å². The van der Waals surface area contributed by atoms with Crippen molar-refractivity contribution >= 4 is 28.9 Å². The summed E-state index contributed by atoms with van der Waals surface area (Å²) < 4.78 is 32.8. The van der Waals surface area contributed by atoms with Gasteiger partial charge in [0.05, 0.1) is 16.3 Å². The number of hydrazone groups is 1. The lowest BCUT2D eigenvalue weighted by Gasteiger charge is -2.13. The normalized spacial score (nSPS) is 13.9. The Hall–Kier alpha value is -4.41. The molecule has 2 N–H and O–H groups in total. The number of carbonyl (C=O) groups is 2. The smallest absolute Gasteiger partial charge is 0.291 e. The van der Waals surface area contributed by atoms with Crippen LogP contribution in [-0.2, 0) is 6.42 Å². The maximum atomic E-state index is 13.9. The molecule has 11 heteroatoms. The third kappa shape index (κ3) is 4.53. The number of nitrogens with zero attached hydrogens (tertiary/aromatic N) is 2. The molecule has 3 aromatic rings. The van der Waals surface area contributed by atoms with Crippen LogP contribution in [0.3, 0.4) is 0 Å². The SMILES string of the molecule is Cc1c(C(=O)Nc2ccc(F)cc2F)oc2c1/C(=N/NC(=O)c1cccc([N+](=O)[O-])c1)CCC2. The first-order valence-corrected chi connectivity index (χ1v) is 10.2. The predicted octanol–water partition coefficient (Wildman–Crippen LogP) is 4.50. The van der Waals surface area contributed by atoms with Crippen LogP contribution >= 0.6 is 0 Å². The monoisotopic (exact) mass is 468 g/mol.